The van der Waals surface area contributed by atoms with Crippen LogP contribution in [0.3, 0.4) is 0 Å². The third kappa shape index (κ3) is 19.6. The Kier molecular flexibility index (Phi) is 28.5. The number of hydrogen-bond donors (Lipinski definition) is 3. The van der Waals surface area contributed by atoms with Crippen LogP contribution in [0.15, 0.2) is 0 Å². The average molecular weight is 325 g/mol. The summed E-state index contributed by atoms with van der Waals surface area (Å²) in [5.41, 5.74) is 0. The van der Waals surface area contributed by atoms with E-state index in [0.717, 1.165) is 45.8 Å². The van der Waals surface area contributed by atoms with E-state index in [1.807, 2.05) is 0 Å². The van der Waals surface area contributed by atoms with Crippen LogP contribution in [0.5, 0.6) is 0 Å². The number of likely N-dealkylation sites (N-methyl/N-ethyl adjacent to an activating group) is 1. The minimum Gasteiger partial charge on any atom is -0.512 e. The van der Waals surface area contributed by atoms with Crippen LogP contribution in [-0.4, -0.2) is 64.3 Å². The van der Waals surface area contributed by atoms with E-state index in [4.69, 9.17) is 23.7 Å². The van der Waals surface area contributed by atoms with Crippen LogP contribution in [0.2, 0.25) is 0 Å². The van der Waals surface area contributed by atoms with Crippen molar-refractivity contribution in [3.05, 3.63) is 13.1 Å². The molecule has 0 spiro atoms. The van der Waals surface area contributed by atoms with E-state index in [1.54, 1.807) is 0 Å². The predicted molar refractivity (Wildman–Crippen MR) is 75.3 cm³/mol. The Labute approximate surface area is 133 Å². The first kappa shape index (κ1) is 24.3. The molecule has 1 rings (SSSR count). The molecule has 0 bridgehead atoms. The van der Waals surface area contributed by atoms with Crippen molar-refractivity contribution in [2.75, 3.05) is 59.4 Å². The predicted octanol–water partition coefficient (Wildman–Crippen LogP) is -0.329. The average Bonchev–Trinajstić information content (AvgIpc) is 2.48. The Bertz CT molecular complexity index is 190. The van der Waals surface area contributed by atoms with Gasteiger partial charge in [0.05, 0.1) is 0 Å². The van der Waals surface area contributed by atoms with Crippen LogP contribution in [0.1, 0.15) is 12.8 Å². The molecule has 0 aromatic heterocycles. The molecule has 0 saturated carbocycles. The molecule has 1 aliphatic rings. The van der Waals surface area contributed by atoms with Gasteiger partial charge in [0.15, 0.2) is 0 Å². The summed E-state index contributed by atoms with van der Waals surface area (Å²) in [6, 6.07) is 0. The van der Waals surface area contributed by atoms with Crippen molar-refractivity contribution in [2.24, 2.45) is 0 Å². The second-order valence-electron chi connectivity index (χ2n) is 4.26. The van der Waals surface area contributed by atoms with Crippen molar-refractivity contribution >= 4 is 0 Å². The third-order valence-corrected chi connectivity index (χ3v) is 2.75. The zero-order valence-corrected chi connectivity index (χ0v) is 13.2. The zero-order chi connectivity index (χ0) is 14.8. The van der Waals surface area contributed by atoms with E-state index >= 15 is 0 Å². The smallest absolute Gasteiger partial charge is 0.512 e. The van der Waals surface area contributed by atoms with E-state index in [0.29, 0.717) is 0 Å². The van der Waals surface area contributed by atoms with Crippen molar-refractivity contribution < 1.29 is 16.5 Å². The van der Waals surface area contributed by atoms with E-state index in [2.05, 4.69) is 27.9 Å². The minimum atomic E-state index is 0. The summed E-state index contributed by atoms with van der Waals surface area (Å²) in [5, 5.41) is 22.9. The normalized spacial score (nSPS) is 18.6. The van der Waals surface area contributed by atoms with Gasteiger partial charge in [-0.05, 0) is 46.1 Å². The summed E-state index contributed by atoms with van der Waals surface area (Å²) >= 11 is 0. The Morgan fingerprint density at radius 1 is 0.700 bits per heavy atom. The number of hydrogen-bond acceptors (Lipinski definition) is 6. The quantitative estimate of drug-likeness (QED) is 0.418. The van der Waals surface area contributed by atoms with Gasteiger partial charge in [0, 0.05) is 26.2 Å². The molecule has 6 nitrogen and oxygen atoms in total. The van der Waals surface area contributed by atoms with Gasteiger partial charge >= 0.3 is 16.5 Å². The minimum absolute atomic E-state index is 0. The van der Waals surface area contributed by atoms with Gasteiger partial charge in [-0.15, -0.1) is 0 Å². The number of rotatable bonds is 0. The van der Waals surface area contributed by atoms with Gasteiger partial charge in [-0.25, -0.2) is 0 Å². The third-order valence-electron chi connectivity index (χ3n) is 2.75. The molecule has 0 aliphatic carbocycles. The van der Waals surface area contributed by atoms with Crippen LogP contribution in [0.25, 0.3) is 0 Å². The molecule has 0 atom stereocenters. The van der Waals surface area contributed by atoms with E-state index < -0.39 is 0 Å². The first-order valence-electron chi connectivity index (χ1n) is 6.65. The van der Waals surface area contributed by atoms with Crippen molar-refractivity contribution in [1.29, 1.82) is 10.5 Å². The Morgan fingerprint density at radius 2 is 1.15 bits per heavy atom. The molecule has 1 heterocycles. The molecule has 1 aliphatic heterocycles. The molecule has 1 fully saturated rings. The van der Waals surface area contributed by atoms with Crippen LogP contribution < -0.4 is 16.0 Å². The molecule has 0 unspecified atom stereocenters. The fourth-order valence-corrected chi connectivity index (χ4v) is 1.75. The molecule has 1 saturated heterocycles. The summed E-state index contributed by atoms with van der Waals surface area (Å²) in [6.45, 7) is 18.6. The van der Waals surface area contributed by atoms with Crippen LogP contribution in [-0.2, 0) is 16.5 Å². The molecular formula is C13H26N6Ni. The van der Waals surface area contributed by atoms with E-state index in [1.165, 1.54) is 19.4 Å². The molecule has 20 heavy (non-hydrogen) atoms. The van der Waals surface area contributed by atoms with Gasteiger partial charge in [0.2, 0.25) is 0 Å². The first-order valence-corrected chi connectivity index (χ1v) is 6.65. The Morgan fingerprint density at radius 3 is 1.70 bits per heavy atom. The maximum Gasteiger partial charge on any atom is 2.00 e. The number of nitrogens with zero attached hydrogens (tertiary/aromatic N) is 3. The number of nitrogens with one attached hydrogen (secondary N) is 3. The summed E-state index contributed by atoms with van der Waals surface area (Å²) in [6.07, 6.45) is 2.47. The summed E-state index contributed by atoms with van der Waals surface area (Å²) in [4.78, 5) is 2.40. The van der Waals surface area contributed by atoms with Crippen LogP contribution >= 0.6 is 0 Å². The van der Waals surface area contributed by atoms with Crippen LogP contribution in [0.4, 0.5) is 0 Å². The van der Waals surface area contributed by atoms with E-state index in [9.17, 15) is 0 Å². The molecule has 118 valence electrons. The summed E-state index contributed by atoms with van der Waals surface area (Å²) < 4.78 is 0. The van der Waals surface area contributed by atoms with Gasteiger partial charge < -0.3 is 44.5 Å². The SMILES string of the molecule is CN1CCCNCCNCCCNCC1.[C-]#N.[C-]#N.[Ni+2]. The van der Waals surface area contributed by atoms with Gasteiger partial charge in [-0.1, -0.05) is 0 Å². The van der Waals surface area contributed by atoms with Gasteiger partial charge in [-0.2, -0.15) is 0 Å². The second kappa shape index (κ2) is 23.4. The van der Waals surface area contributed by atoms with Gasteiger partial charge in [-0.3, -0.25) is 0 Å². The second-order valence-corrected chi connectivity index (χ2v) is 4.26. The molecule has 0 aromatic rings. The van der Waals surface area contributed by atoms with Crippen molar-refractivity contribution in [3.8, 4) is 0 Å². The summed E-state index contributed by atoms with van der Waals surface area (Å²) in [7, 11) is 2.20. The molecule has 0 radical (unpaired) electrons. The fraction of sp³-hybridized carbons (Fsp3) is 0.846. The molecule has 0 aromatic carbocycles. The van der Waals surface area contributed by atoms with Crippen molar-refractivity contribution in [2.45, 2.75) is 12.8 Å². The van der Waals surface area contributed by atoms with Gasteiger partial charge in [0.1, 0.15) is 0 Å². The van der Waals surface area contributed by atoms with Crippen molar-refractivity contribution in [1.82, 2.24) is 20.9 Å². The maximum atomic E-state index is 6.25. The van der Waals surface area contributed by atoms with Gasteiger partial charge in [0.25, 0.3) is 0 Å². The zero-order valence-electron chi connectivity index (χ0n) is 12.2. The fourth-order valence-electron chi connectivity index (χ4n) is 1.75. The Hall–Kier alpha value is -0.686. The topological polar surface area (TPSA) is 86.9 Å². The van der Waals surface area contributed by atoms with E-state index in [-0.39, 0.29) is 16.5 Å². The molecule has 7 heteroatoms. The van der Waals surface area contributed by atoms with Crippen molar-refractivity contribution in [3.63, 3.8) is 0 Å². The monoisotopic (exact) mass is 324 g/mol. The molecular weight excluding hydrogens is 299 g/mol. The first-order chi connectivity index (χ1) is 9.39. The molecule has 0 amide bonds. The largest absolute Gasteiger partial charge is 2.00 e. The maximum absolute atomic E-state index is 6.25. The Balaban J connectivity index is -0.000000529. The summed E-state index contributed by atoms with van der Waals surface area (Å²) in [5.74, 6) is 0. The van der Waals surface area contributed by atoms with Crippen LogP contribution in [0, 0.1) is 23.7 Å². The molecule has 3 N–H and O–H groups in total. The standard InChI is InChI=1S/C11H26N4.2CN.Ni/c1-15-10-3-6-13-8-7-12-4-2-5-14-9-11-15;2*1-2;/h12-14H,2-11H2,1H3;;;/q;2*-1;+2.